The lowest BCUT2D eigenvalue weighted by Crippen LogP contribution is -2.31. The molecule has 1 aromatic carbocycles. The second kappa shape index (κ2) is 7.79. The molecule has 2 N–H and O–H groups in total. The van der Waals surface area contributed by atoms with Gasteiger partial charge < -0.3 is 24.8 Å². The first-order chi connectivity index (χ1) is 8.72. The van der Waals surface area contributed by atoms with E-state index in [1.54, 1.807) is 21.3 Å². The van der Waals surface area contributed by atoms with E-state index in [1.807, 2.05) is 18.2 Å². The Balaban J connectivity index is 2.82. The van der Waals surface area contributed by atoms with E-state index < -0.39 is 0 Å². The first-order valence-electron chi connectivity index (χ1n) is 5.89. The van der Waals surface area contributed by atoms with Crippen LogP contribution >= 0.6 is 0 Å². The molecule has 0 aliphatic carbocycles. The van der Waals surface area contributed by atoms with E-state index >= 15 is 0 Å². The molecule has 0 aromatic heterocycles. The Kier molecular flexibility index (Phi) is 6.32. The molecule has 0 unspecified atom stereocenters. The molecule has 0 bridgehead atoms. The van der Waals surface area contributed by atoms with Crippen LogP contribution in [0.5, 0.6) is 5.75 Å². The summed E-state index contributed by atoms with van der Waals surface area (Å²) in [5.74, 6) is 0.759. The van der Waals surface area contributed by atoms with Crippen molar-refractivity contribution in [2.45, 2.75) is 0 Å². The molecule has 102 valence electrons. The fourth-order valence-corrected chi connectivity index (χ4v) is 1.70. The number of benzene rings is 1. The van der Waals surface area contributed by atoms with Crippen molar-refractivity contribution >= 4 is 11.4 Å². The zero-order valence-corrected chi connectivity index (χ0v) is 11.3. The highest BCUT2D eigenvalue weighted by Gasteiger charge is 2.10. The minimum atomic E-state index is 0.648. The monoisotopic (exact) mass is 254 g/mol. The van der Waals surface area contributed by atoms with Crippen LogP contribution in [0.2, 0.25) is 0 Å². The van der Waals surface area contributed by atoms with Gasteiger partial charge in [-0.15, -0.1) is 0 Å². The van der Waals surface area contributed by atoms with E-state index in [-0.39, 0.29) is 0 Å². The largest absolute Gasteiger partial charge is 0.497 e. The summed E-state index contributed by atoms with van der Waals surface area (Å²) in [6.45, 7) is 2.84. The minimum Gasteiger partial charge on any atom is -0.497 e. The number of rotatable bonds is 8. The summed E-state index contributed by atoms with van der Waals surface area (Å²) in [6.07, 6.45) is 0. The molecule has 0 radical (unpaired) electrons. The van der Waals surface area contributed by atoms with Crippen LogP contribution in [0.1, 0.15) is 0 Å². The summed E-state index contributed by atoms with van der Waals surface area (Å²) in [6, 6.07) is 5.68. The molecule has 0 saturated heterocycles. The van der Waals surface area contributed by atoms with E-state index in [0.29, 0.717) is 18.9 Å². The summed E-state index contributed by atoms with van der Waals surface area (Å²) in [5, 5.41) is 0. The first kappa shape index (κ1) is 14.6. The highest BCUT2D eigenvalue weighted by molar-refractivity contribution is 5.69. The summed E-state index contributed by atoms with van der Waals surface area (Å²) < 4.78 is 15.4. The second-order valence-electron chi connectivity index (χ2n) is 3.90. The lowest BCUT2D eigenvalue weighted by atomic mass is 10.2. The molecule has 0 fully saturated rings. The molecule has 0 amide bonds. The number of hydrogen-bond acceptors (Lipinski definition) is 5. The Labute approximate surface area is 108 Å². The first-order valence-corrected chi connectivity index (χ1v) is 5.89. The van der Waals surface area contributed by atoms with Gasteiger partial charge in [0.2, 0.25) is 0 Å². The number of hydrogen-bond donors (Lipinski definition) is 1. The van der Waals surface area contributed by atoms with Gasteiger partial charge in [0.25, 0.3) is 0 Å². The summed E-state index contributed by atoms with van der Waals surface area (Å²) >= 11 is 0. The third-order valence-corrected chi connectivity index (χ3v) is 2.71. The van der Waals surface area contributed by atoms with Gasteiger partial charge in [-0.25, -0.2) is 0 Å². The van der Waals surface area contributed by atoms with Crippen molar-refractivity contribution in [2.24, 2.45) is 0 Å². The molecule has 0 aliphatic rings. The van der Waals surface area contributed by atoms with Gasteiger partial charge in [-0.2, -0.15) is 0 Å². The Bertz CT molecular complexity index is 350. The third kappa shape index (κ3) is 4.09. The van der Waals surface area contributed by atoms with Gasteiger partial charge in [0.05, 0.1) is 31.7 Å². The predicted molar refractivity (Wildman–Crippen MR) is 73.4 cm³/mol. The van der Waals surface area contributed by atoms with Gasteiger partial charge in [-0.05, 0) is 12.1 Å². The van der Waals surface area contributed by atoms with E-state index in [4.69, 9.17) is 19.9 Å². The predicted octanol–water partition coefficient (Wildman–Crippen LogP) is 1.38. The van der Waals surface area contributed by atoms with Crippen molar-refractivity contribution in [3.63, 3.8) is 0 Å². The Morgan fingerprint density at radius 1 is 1.06 bits per heavy atom. The number of methoxy groups -OCH3 is 3. The number of nitrogens with two attached hydrogens (primary N) is 1. The van der Waals surface area contributed by atoms with Gasteiger partial charge in [-0.1, -0.05) is 0 Å². The van der Waals surface area contributed by atoms with Gasteiger partial charge in [0.1, 0.15) is 5.75 Å². The highest BCUT2D eigenvalue weighted by atomic mass is 16.5. The molecular formula is C13H22N2O3. The maximum absolute atomic E-state index is 6.04. The number of ether oxygens (including phenoxy) is 3. The Morgan fingerprint density at radius 3 is 2.11 bits per heavy atom. The lowest BCUT2D eigenvalue weighted by Gasteiger charge is -2.25. The molecule has 0 heterocycles. The van der Waals surface area contributed by atoms with Crippen molar-refractivity contribution in [3.05, 3.63) is 18.2 Å². The summed E-state index contributed by atoms with van der Waals surface area (Å²) in [5.41, 5.74) is 7.71. The molecule has 1 rings (SSSR count). The van der Waals surface area contributed by atoms with Crippen molar-refractivity contribution in [2.75, 3.05) is 58.3 Å². The molecule has 1 aromatic rings. The van der Waals surface area contributed by atoms with E-state index in [0.717, 1.165) is 24.5 Å². The molecule has 0 aliphatic heterocycles. The smallest absolute Gasteiger partial charge is 0.121 e. The van der Waals surface area contributed by atoms with Crippen molar-refractivity contribution in [1.29, 1.82) is 0 Å². The van der Waals surface area contributed by atoms with Crippen LogP contribution in [0.25, 0.3) is 0 Å². The topological polar surface area (TPSA) is 57.0 Å². The second-order valence-corrected chi connectivity index (χ2v) is 3.90. The van der Waals surface area contributed by atoms with Crippen LogP contribution in [0.4, 0.5) is 11.4 Å². The van der Waals surface area contributed by atoms with Gasteiger partial charge in [-0.3, -0.25) is 0 Å². The average molecular weight is 254 g/mol. The van der Waals surface area contributed by atoms with Crippen LogP contribution in [-0.4, -0.2) is 47.6 Å². The van der Waals surface area contributed by atoms with Crippen molar-refractivity contribution < 1.29 is 14.2 Å². The van der Waals surface area contributed by atoms with Crippen LogP contribution in [0, 0.1) is 0 Å². The Hall–Kier alpha value is -1.46. The van der Waals surface area contributed by atoms with Crippen LogP contribution in [-0.2, 0) is 9.47 Å². The Morgan fingerprint density at radius 2 is 1.67 bits per heavy atom. The zero-order valence-electron chi connectivity index (χ0n) is 11.3. The standard InChI is InChI=1S/C13H22N2O3/c1-16-8-6-15(7-9-17-2)13-5-4-11(18-3)10-12(13)14/h4-5,10H,6-9,14H2,1-3H3. The fraction of sp³-hybridized carbons (Fsp3) is 0.538. The van der Waals surface area contributed by atoms with E-state index in [2.05, 4.69) is 4.90 Å². The maximum atomic E-state index is 6.04. The van der Waals surface area contributed by atoms with Crippen molar-refractivity contribution in [3.8, 4) is 5.75 Å². The van der Waals surface area contributed by atoms with Crippen molar-refractivity contribution in [1.82, 2.24) is 0 Å². The lowest BCUT2D eigenvalue weighted by molar-refractivity contribution is 0.190. The minimum absolute atomic E-state index is 0.648. The quantitative estimate of drug-likeness (QED) is 0.710. The number of nitrogen functional groups attached to an aromatic ring is 1. The SMILES string of the molecule is COCCN(CCOC)c1ccc(OC)cc1N. The van der Waals surface area contributed by atoms with Gasteiger partial charge in [0.15, 0.2) is 0 Å². The molecule has 0 saturated carbocycles. The van der Waals surface area contributed by atoms with Crippen LogP contribution < -0.4 is 15.4 Å². The average Bonchev–Trinajstić information content (AvgIpc) is 2.39. The molecule has 18 heavy (non-hydrogen) atoms. The van der Waals surface area contributed by atoms with Gasteiger partial charge in [0, 0.05) is 33.4 Å². The summed E-state index contributed by atoms with van der Waals surface area (Å²) in [7, 11) is 5.00. The van der Waals surface area contributed by atoms with Crippen LogP contribution in [0.15, 0.2) is 18.2 Å². The fourth-order valence-electron chi connectivity index (χ4n) is 1.70. The third-order valence-electron chi connectivity index (χ3n) is 2.71. The molecule has 0 spiro atoms. The molecular weight excluding hydrogens is 232 g/mol. The summed E-state index contributed by atoms with van der Waals surface area (Å²) in [4.78, 5) is 2.14. The normalized spacial score (nSPS) is 10.4. The maximum Gasteiger partial charge on any atom is 0.121 e. The van der Waals surface area contributed by atoms with E-state index in [1.165, 1.54) is 0 Å². The number of anilines is 2. The van der Waals surface area contributed by atoms with Gasteiger partial charge >= 0.3 is 0 Å². The number of nitrogens with zero attached hydrogens (tertiary/aromatic N) is 1. The van der Waals surface area contributed by atoms with E-state index in [9.17, 15) is 0 Å². The molecule has 0 atom stereocenters. The van der Waals surface area contributed by atoms with Crippen LogP contribution in [0.3, 0.4) is 0 Å². The molecule has 5 heteroatoms. The highest BCUT2D eigenvalue weighted by Crippen LogP contribution is 2.27. The zero-order chi connectivity index (χ0) is 13.4. The molecule has 5 nitrogen and oxygen atoms in total.